The van der Waals surface area contributed by atoms with Gasteiger partial charge in [0, 0.05) is 29.4 Å². The second-order valence-electron chi connectivity index (χ2n) is 5.06. The van der Waals surface area contributed by atoms with E-state index in [9.17, 15) is 0 Å². The number of aromatic nitrogens is 2. The average Bonchev–Trinajstić information content (AvgIpc) is 2.39. The van der Waals surface area contributed by atoms with Gasteiger partial charge in [-0.05, 0) is 32.4 Å². The third kappa shape index (κ3) is 3.46. The number of thioether (sulfide) groups is 1. The normalized spacial score (nSPS) is 21.4. The van der Waals surface area contributed by atoms with Crippen LogP contribution in [0.15, 0.2) is 0 Å². The molecule has 0 spiro atoms. The molecular formula is C14H23N3OS. The van der Waals surface area contributed by atoms with Gasteiger partial charge in [0.05, 0.1) is 6.61 Å². The molecule has 4 nitrogen and oxygen atoms in total. The summed E-state index contributed by atoms with van der Waals surface area (Å²) in [4.78, 5) is 9.37. The Balaban J connectivity index is 2.25. The van der Waals surface area contributed by atoms with Crippen LogP contribution < -0.4 is 5.32 Å². The predicted octanol–water partition coefficient (Wildman–Crippen LogP) is 2.22. The number of nitrogens with zero attached hydrogens (tertiary/aromatic N) is 2. The summed E-state index contributed by atoms with van der Waals surface area (Å²) >= 11 is 1.91. The average molecular weight is 281 g/mol. The van der Waals surface area contributed by atoms with Crippen LogP contribution >= 0.6 is 11.8 Å². The fraction of sp³-hybridized carbons (Fsp3) is 0.714. The van der Waals surface area contributed by atoms with Crippen molar-refractivity contribution in [2.24, 2.45) is 0 Å². The third-order valence-electron chi connectivity index (χ3n) is 3.45. The fourth-order valence-corrected chi connectivity index (χ4v) is 3.49. The van der Waals surface area contributed by atoms with Crippen LogP contribution in [-0.4, -0.2) is 41.7 Å². The highest BCUT2D eigenvalue weighted by atomic mass is 32.2. The summed E-state index contributed by atoms with van der Waals surface area (Å²) in [5, 5.41) is 3.21. The molecule has 1 saturated heterocycles. The summed E-state index contributed by atoms with van der Waals surface area (Å²) in [5.41, 5.74) is 3.44. The number of nitrogens with one attached hydrogen (secondary N) is 1. The van der Waals surface area contributed by atoms with E-state index in [-0.39, 0.29) is 6.10 Å². The molecule has 2 atom stereocenters. The van der Waals surface area contributed by atoms with E-state index in [0.29, 0.717) is 5.92 Å². The number of aryl methyl sites for hydroxylation is 2. The monoisotopic (exact) mass is 281 g/mol. The van der Waals surface area contributed by atoms with Crippen LogP contribution in [0.1, 0.15) is 41.7 Å². The standard InChI is InChI=1S/C14H23N3OS/c1-9(7-15-4)13-10(2)16-14(17-11(13)3)12-8-19-6-5-18-12/h9,12,15H,5-8H2,1-4H3. The Bertz CT molecular complexity index is 410. The van der Waals surface area contributed by atoms with Gasteiger partial charge in [0.25, 0.3) is 0 Å². The van der Waals surface area contributed by atoms with E-state index in [1.54, 1.807) is 0 Å². The Kier molecular flexibility index (Phi) is 5.19. The SMILES string of the molecule is CNCC(C)c1c(C)nc(C2CSCCO2)nc1C. The number of hydrogen-bond donors (Lipinski definition) is 1. The van der Waals surface area contributed by atoms with Gasteiger partial charge in [0.1, 0.15) is 6.10 Å². The molecule has 0 bridgehead atoms. The third-order valence-corrected chi connectivity index (χ3v) is 4.44. The molecule has 2 unspecified atom stereocenters. The molecule has 1 N–H and O–H groups in total. The van der Waals surface area contributed by atoms with E-state index < -0.39 is 0 Å². The zero-order valence-electron chi connectivity index (χ0n) is 12.2. The molecule has 0 radical (unpaired) electrons. The van der Waals surface area contributed by atoms with Crippen molar-refractivity contribution in [3.05, 3.63) is 22.8 Å². The fourth-order valence-electron chi connectivity index (χ4n) is 2.65. The van der Waals surface area contributed by atoms with Crippen molar-refractivity contribution in [3.8, 4) is 0 Å². The van der Waals surface area contributed by atoms with Crippen LogP contribution in [0.25, 0.3) is 0 Å². The molecule has 0 amide bonds. The molecule has 106 valence electrons. The van der Waals surface area contributed by atoms with Gasteiger partial charge in [-0.15, -0.1) is 0 Å². The summed E-state index contributed by atoms with van der Waals surface area (Å²) in [6.45, 7) is 8.11. The van der Waals surface area contributed by atoms with Gasteiger partial charge < -0.3 is 10.1 Å². The van der Waals surface area contributed by atoms with E-state index >= 15 is 0 Å². The number of hydrogen-bond acceptors (Lipinski definition) is 5. The van der Waals surface area contributed by atoms with Gasteiger partial charge in [0.15, 0.2) is 5.82 Å². The molecule has 19 heavy (non-hydrogen) atoms. The van der Waals surface area contributed by atoms with Gasteiger partial charge >= 0.3 is 0 Å². The Morgan fingerprint density at radius 2 is 2.05 bits per heavy atom. The van der Waals surface area contributed by atoms with Gasteiger partial charge in [-0.3, -0.25) is 0 Å². The largest absolute Gasteiger partial charge is 0.368 e. The lowest BCUT2D eigenvalue weighted by Gasteiger charge is -2.23. The van der Waals surface area contributed by atoms with Crippen LogP contribution in [0.2, 0.25) is 0 Å². The molecule has 1 aliphatic heterocycles. The van der Waals surface area contributed by atoms with Crippen LogP contribution in [0, 0.1) is 13.8 Å². The number of rotatable bonds is 4. The quantitative estimate of drug-likeness (QED) is 0.917. The smallest absolute Gasteiger partial charge is 0.158 e. The second-order valence-corrected chi connectivity index (χ2v) is 6.21. The summed E-state index contributed by atoms with van der Waals surface area (Å²) < 4.78 is 5.76. The summed E-state index contributed by atoms with van der Waals surface area (Å²) in [6.07, 6.45) is 0.0600. The first-order chi connectivity index (χ1) is 9.13. The molecule has 1 aromatic heterocycles. The minimum Gasteiger partial charge on any atom is -0.368 e. The van der Waals surface area contributed by atoms with Crippen molar-refractivity contribution in [2.45, 2.75) is 32.8 Å². The number of likely N-dealkylation sites (N-methyl/N-ethyl adjacent to an activating group) is 1. The molecule has 1 aliphatic rings. The van der Waals surface area contributed by atoms with Gasteiger partial charge in [-0.25, -0.2) is 9.97 Å². The summed E-state index contributed by atoms with van der Waals surface area (Å²) in [7, 11) is 1.98. The second kappa shape index (κ2) is 6.68. The highest BCUT2D eigenvalue weighted by molar-refractivity contribution is 7.99. The minimum atomic E-state index is 0.0600. The molecule has 0 aliphatic carbocycles. The van der Waals surface area contributed by atoms with Crippen molar-refractivity contribution in [1.82, 2.24) is 15.3 Å². The summed E-state index contributed by atoms with van der Waals surface area (Å²) in [5.74, 6) is 3.32. The van der Waals surface area contributed by atoms with Crippen LogP contribution in [-0.2, 0) is 4.74 Å². The maximum Gasteiger partial charge on any atom is 0.158 e. The van der Waals surface area contributed by atoms with Crippen molar-refractivity contribution in [1.29, 1.82) is 0 Å². The maximum atomic E-state index is 5.76. The first kappa shape index (κ1) is 14.8. The van der Waals surface area contributed by atoms with E-state index in [2.05, 4.69) is 36.1 Å². The Morgan fingerprint density at radius 3 is 2.58 bits per heavy atom. The van der Waals surface area contributed by atoms with E-state index in [4.69, 9.17) is 4.74 Å². The lowest BCUT2D eigenvalue weighted by molar-refractivity contribution is 0.0691. The lowest BCUT2D eigenvalue weighted by Crippen LogP contribution is -2.21. The first-order valence-corrected chi connectivity index (χ1v) is 7.98. The topological polar surface area (TPSA) is 47.0 Å². The van der Waals surface area contributed by atoms with E-state index in [0.717, 1.165) is 41.9 Å². The van der Waals surface area contributed by atoms with Crippen molar-refractivity contribution in [3.63, 3.8) is 0 Å². The Morgan fingerprint density at radius 1 is 1.37 bits per heavy atom. The summed E-state index contributed by atoms with van der Waals surface area (Å²) in [6, 6.07) is 0. The molecule has 1 aromatic rings. The molecule has 0 saturated carbocycles. The predicted molar refractivity (Wildman–Crippen MR) is 79.9 cm³/mol. The van der Waals surface area contributed by atoms with Crippen LogP contribution in [0.4, 0.5) is 0 Å². The van der Waals surface area contributed by atoms with Crippen LogP contribution in [0.5, 0.6) is 0 Å². The zero-order chi connectivity index (χ0) is 13.8. The van der Waals surface area contributed by atoms with Gasteiger partial charge in [-0.1, -0.05) is 6.92 Å². The Hall–Kier alpha value is -0.650. The maximum absolute atomic E-state index is 5.76. The molecule has 5 heteroatoms. The highest BCUT2D eigenvalue weighted by Crippen LogP contribution is 2.27. The molecule has 2 heterocycles. The van der Waals surface area contributed by atoms with Crippen molar-refractivity contribution >= 4 is 11.8 Å². The number of ether oxygens (including phenoxy) is 1. The van der Waals surface area contributed by atoms with Crippen LogP contribution in [0.3, 0.4) is 0 Å². The van der Waals surface area contributed by atoms with E-state index in [1.807, 2.05) is 18.8 Å². The Labute approximate surface area is 119 Å². The lowest BCUT2D eigenvalue weighted by atomic mass is 9.98. The first-order valence-electron chi connectivity index (χ1n) is 6.82. The highest BCUT2D eigenvalue weighted by Gasteiger charge is 2.22. The minimum absolute atomic E-state index is 0.0600. The van der Waals surface area contributed by atoms with E-state index in [1.165, 1.54) is 5.56 Å². The molecule has 0 aromatic carbocycles. The molecular weight excluding hydrogens is 258 g/mol. The molecule has 2 rings (SSSR count). The van der Waals surface area contributed by atoms with Crippen molar-refractivity contribution < 1.29 is 4.74 Å². The van der Waals surface area contributed by atoms with Crippen molar-refractivity contribution in [2.75, 3.05) is 31.7 Å². The molecule has 1 fully saturated rings. The van der Waals surface area contributed by atoms with Gasteiger partial charge in [0.2, 0.25) is 0 Å². The zero-order valence-corrected chi connectivity index (χ0v) is 13.0. The van der Waals surface area contributed by atoms with Gasteiger partial charge in [-0.2, -0.15) is 11.8 Å².